The van der Waals surface area contributed by atoms with E-state index in [-0.39, 0.29) is 0 Å². The first-order valence-electron chi connectivity index (χ1n) is 5.83. The standard InChI is InChI=1S/C14H14O5/c1-7-4-10(18-9(3)14(16)17)13-8(2)6-12(15)19-11(13)5-7/h4-6,9H,1-3H3,(H,16,17)/t9-/m1/s1. The summed E-state index contributed by atoms with van der Waals surface area (Å²) in [6.07, 6.45) is -0.976. The molecule has 1 aromatic carbocycles. The van der Waals surface area contributed by atoms with Crippen LogP contribution in [0.2, 0.25) is 0 Å². The number of aryl methyl sites for hydroxylation is 2. The van der Waals surface area contributed by atoms with Gasteiger partial charge in [0.1, 0.15) is 11.3 Å². The molecule has 19 heavy (non-hydrogen) atoms. The molecule has 0 spiro atoms. The van der Waals surface area contributed by atoms with Crippen LogP contribution in [0.5, 0.6) is 5.75 Å². The number of carboxylic acids is 1. The van der Waals surface area contributed by atoms with Gasteiger partial charge in [0.25, 0.3) is 0 Å². The van der Waals surface area contributed by atoms with Crippen molar-refractivity contribution in [2.75, 3.05) is 0 Å². The molecule has 100 valence electrons. The van der Waals surface area contributed by atoms with Crippen molar-refractivity contribution in [3.8, 4) is 5.75 Å². The summed E-state index contributed by atoms with van der Waals surface area (Å²) >= 11 is 0. The van der Waals surface area contributed by atoms with Crippen molar-refractivity contribution in [3.05, 3.63) is 39.7 Å². The van der Waals surface area contributed by atoms with E-state index in [0.29, 0.717) is 22.3 Å². The van der Waals surface area contributed by atoms with Gasteiger partial charge in [-0.05, 0) is 44.0 Å². The van der Waals surface area contributed by atoms with Crippen LogP contribution in [0, 0.1) is 13.8 Å². The molecule has 0 saturated heterocycles. The van der Waals surface area contributed by atoms with E-state index in [1.807, 2.05) is 6.92 Å². The molecule has 5 heteroatoms. The molecular weight excluding hydrogens is 248 g/mol. The largest absolute Gasteiger partial charge is 0.479 e. The summed E-state index contributed by atoms with van der Waals surface area (Å²) in [6, 6.07) is 4.81. The molecular formula is C14H14O5. The Kier molecular flexibility index (Phi) is 3.29. The molecule has 5 nitrogen and oxygen atoms in total. The lowest BCUT2D eigenvalue weighted by atomic mass is 10.1. The van der Waals surface area contributed by atoms with E-state index in [9.17, 15) is 9.59 Å². The zero-order valence-corrected chi connectivity index (χ0v) is 10.9. The number of rotatable bonds is 3. The lowest BCUT2D eigenvalue weighted by Gasteiger charge is -2.14. The predicted octanol–water partition coefficient (Wildman–Crippen LogP) is 2.26. The van der Waals surface area contributed by atoms with Gasteiger partial charge in [0.2, 0.25) is 0 Å². The van der Waals surface area contributed by atoms with Crippen LogP contribution in [0.4, 0.5) is 0 Å². The topological polar surface area (TPSA) is 76.7 Å². The lowest BCUT2D eigenvalue weighted by molar-refractivity contribution is -0.144. The SMILES string of the molecule is Cc1cc(O[C@H](C)C(=O)O)c2c(C)cc(=O)oc2c1. The van der Waals surface area contributed by atoms with Gasteiger partial charge in [0.15, 0.2) is 6.10 Å². The highest BCUT2D eigenvalue weighted by atomic mass is 16.5. The van der Waals surface area contributed by atoms with Gasteiger partial charge >= 0.3 is 11.6 Å². The van der Waals surface area contributed by atoms with Gasteiger partial charge in [-0.15, -0.1) is 0 Å². The third kappa shape index (κ3) is 2.59. The Morgan fingerprint density at radius 1 is 1.32 bits per heavy atom. The Balaban J connectivity index is 2.66. The van der Waals surface area contributed by atoms with Gasteiger partial charge in [-0.25, -0.2) is 9.59 Å². The summed E-state index contributed by atoms with van der Waals surface area (Å²) in [5.74, 6) is -0.643. The van der Waals surface area contributed by atoms with Crippen molar-refractivity contribution in [1.29, 1.82) is 0 Å². The van der Waals surface area contributed by atoms with Gasteiger partial charge in [-0.2, -0.15) is 0 Å². The van der Waals surface area contributed by atoms with Gasteiger partial charge in [-0.1, -0.05) is 0 Å². The Bertz CT molecular complexity index is 699. The molecule has 0 radical (unpaired) electrons. The first-order valence-corrected chi connectivity index (χ1v) is 5.83. The molecule has 0 amide bonds. The highest BCUT2D eigenvalue weighted by Crippen LogP contribution is 2.30. The van der Waals surface area contributed by atoms with Crippen molar-refractivity contribution in [2.45, 2.75) is 26.9 Å². The van der Waals surface area contributed by atoms with Crippen LogP contribution in [-0.2, 0) is 4.79 Å². The van der Waals surface area contributed by atoms with E-state index >= 15 is 0 Å². The second kappa shape index (κ2) is 4.76. The average Bonchev–Trinajstić information content (AvgIpc) is 2.26. The number of aliphatic carboxylic acids is 1. The van der Waals surface area contributed by atoms with Crippen LogP contribution in [0.15, 0.2) is 27.4 Å². The van der Waals surface area contributed by atoms with Crippen molar-refractivity contribution in [2.24, 2.45) is 0 Å². The summed E-state index contributed by atoms with van der Waals surface area (Å²) in [5, 5.41) is 9.52. The summed E-state index contributed by atoms with van der Waals surface area (Å²) in [7, 11) is 0. The molecule has 2 aromatic rings. The Morgan fingerprint density at radius 3 is 2.63 bits per heavy atom. The van der Waals surface area contributed by atoms with Crippen LogP contribution < -0.4 is 10.4 Å². The highest BCUT2D eigenvalue weighted by Gasteiger charge is 2.16. The maximum absolute atomic E-state index is 11.4. The molecule has 0 aliphatic carbocycles. The monoisotopic (exact) mass is 262 g/mol. The molecule has 0 bridgehead atoms. The maximum Gasteiger partial charge on any atom is 0.344 e. The molecule has 0 unspecified atom stereocenters. The van der Waals surface area contributed by atoms with E-state index < -0.39 is 17.7 Å². The fraction of sp³-hybridized carbons (Fsp3) is 0.286. The van der Waals surface area contributed by atoms with E-state index in [1.54, 1.807) is 19.1 Å². The lowest BCUT2D eigenvalue weighted by Crippen LogP contribution is -2.23. The third-order valence-electron chi connectivity index (χ3n) is 2.80. The van der Waals surface area contributed by atoms with Crippen LogP contribution >= 0.6 is 0 Å². The minimum Gasteiger partial charge on any atom is -0.479 e. The van der Waals surface area contributed by atoms with Gasteiger partial charge in [0, 0.05) is 6.07 Å². The number of ether oxygens (including phenoxy) is 1. The quantitative estimate of drug-likeness (QED) is 0.858. The summed E-state index contributed by atoms with van der Waals surface area (Å²) in [6.45, 7) is 5.03. The van der Waals surface area contributed by atoms with Crippen LogP contribution in [0.1, 0.15) is 18.1 Å². The Hall–Kier alpha value is -2.30. The van der Waals surface area contributed by atoms with Gasteiger partial charge in [-0.3, -0.25) is 0 Å². The molecule has 0 aliphatic heterocycles. The van der Waals surface area contributed by atoms with E-state index in [1.165, 1.54) is 13.0 Å². The van der Waals surface area contributed by atoms with Crippen molar-refractivity contribution >= 4 is 16.9 Å². The fourth-order valence-electron chi connectivity index (χ4n) is 1.91. The summed E-state index contributed by atoms with van der Waals surface area (Å²) in [5.41, 5.74) is 1.48. The van der Waals surface area contributed by atoms with E-state index in [2.05, 4.69) is 0 Å². The first kappa shape index (κ1) is 13.1. The van der Waals surface area contributed by atoms with E-state index in [4.69, 9.17) is 14.3 Å². The predicted molar refractivity (Wildman–Crippen MR) is 69.7 cm³/mol. The van der Waals surface area contributed by atoms with E-state index in [0.717, 1.165) is 5.56 Å². The molecule has 2 rings (SSSR count). The number of hydrogen-bond acceptors (Lipinski definition) is 4. The average molecular weight is 262 g/mol. The molecule has 0 fully saturated rings. The molecule has 0 aliphatic rings. The number of hydrogen-bond donors (Lipinski definition) is 1. The summed E-state index contributed by atoms with van der Waals surface area (Å²) in [4.78, 5) is 22.2. The molecule has 1 heterocycles. The third-order valence-corrected chi connectivity index (χ3v) is 2.80. The normalized spacial score (nSPS) is 12.4. The zero-order valence-electron chi connectivity index (χ0n) is 10.9. The maximum atomic E-state index is 11.4. The molecule has 1 N–H and O–H groups in total. The van der Waals surface area contributed by atoms with Crippen LogP contribution in [0.25, 0.3) is 11.0 Å². The van der Waals surface area contributed by atoms with Crippen LogP contribution in [-0.4, -0.2) is 17.2 Å². The first-order chi connectivity index (χ1) is 8.88. The molecule has 1 aromatic heterocycles. The molecule has 0 saturated carbocycles. The zero-order chi connectivity index (χ0) is 14.2. The second-order valence-corrected chi connectivity index (χ2v) is 4.48. The molecule has 1 atom stereocenters. The number of carboxylic acid groups (broad SMARTS) is 1. The number of carbonyl (C=O) groups is 1. The summed E-state index contributed by atoms with van der Waals surface area (Å²) < 4.78 is 10.6. The van der Waals surface area contributed by atoms with Gasteiger partial charge < -0.3 is 14.3 Å². The smallest absolute Gasteiger partial charge is 0.344 e. The van der Waals surface area contributed by atoms with Crippen LogP contribution in [0.3, 0.4) is 0 Å². The van der Waals surface area contributed by atoms with Crippen molar-refractivity contribution in [3.63, 3.8) is 0 Å². The minimum absolute atomic E-state index is 0.401. The Morgan fingerprint density at radius 2 is 2.00 bits per heavy atom. The second-order valence-electron chi connectivity index (χ2n) is 4.48. The van der Waals surface area contributed by atoms with Gasteiger partial charge in [0.05, 0.1) is 5.39 Å². The Labute approximate surface area is 109 Å². The highest BCUT2D eigenvalue weighted by molar-refractivity contribution is 5.87. The van der Waals surface area contributed by atoms with Crippen molar-refractivity contribution in [1.82, 2.24) is 0 Å². The number of benzene rings is 1. The number of fused-ring (bicyclic) bond motifs is 1. The van der Waals surface area contributed by atoms with Crippen molar-refractivity contribution < 1.29 is 19.1 Å². The fourth-order valence-corrected chi connectivity index (χ4v) is 1.91. The minimum atomic E-state index is -1.05.